The summed E-state index contributed by atoms with van der Waals surface area (Å²) in [5.41, 5.74) is 1.14. The summed E-state index contributed by atoms with van der Waals surface area (Å²) in [5.74, 6) is 1.20. The van der Waals surface area contributed by atoms with Crippen LogP contribution in [-0.4, -0.2) is 32.4 Å². The minimum Gasteiger partial charge on any atom is -0.493 e. The van der Waals surface area contributed by atoms with Crippen molar-refractivity contribution >= 4 is 50.2 Å². The van der Waals surface area contributed by atoms with Crippen LogP contribution in [0.25, 0.3) is 0 Å². The molecule has 2 aromatic heterocycles. The second kappa shape index (κ2) is 7.97. The summed E-state index contributed by atoms with van der Waals surface area (Å²) in [5, 5.41) is 4.18. The molecular weight excluding hydrogens is 433 g/mol. The highest BCUT2D eigenvalue weighted by molar-refractivity contribution is 7.93. The topological polar surface area (TPSA) is 82.5 Å². The zero-order valence-electron chi connectivity index (χ0n) is 14.3. The maximum Gasteiger partial charge on any atom is 0.264 e. The third kappa shape index (κ3) is 4.32. The van der Waals surface area contributed by atoms with Gasteiger partial charge in [0.2, 0.25) is 0 Å². The summed E-state index contributed by atoms with van der Waals surface area (Å²) < 4.78 is 40.0. The van der Waals surface area contributed by atoms with Gasteiger partial charge in [-0.2, -0.15) is 5.10 Å². The van der Waals surface area contributed by atoms with E-state index >= 15 is 0 Å². The molecule has 0 unspecified atom stereocenters. The molecule has 0 aliphatic rings. The van der Waals surface area contributed by atoms with Gasteiger partial charge in [0, 0.05) is 11.8 Å². The van der Waals surface area contributed by atoms with Gasteiger partial charge in [0.15, 0.2) is 11.5 Å². The Balaban J connectivity index is 1.81. The molecule has 0 saturated heterocycles. The van der Waals surface area contributed by atoms with Crippen molar-refractivity contribution in [2.24, 2.45) is 0 Å². The molecule has 7 nitrogen and oxygen atoms in total. The van der Waals surface area contributed by atoms with Crippen LogP contribution in [0.1, 0.15) is 5.56 Å². The molecule has 1 N–H and O–H groups in total. The molecule has 2 heterocycles. The molecule has 0 bridgehead atoms. The summed E-state index contributed by atoms with van der Waals surface area (Å²) in [6.07, 6.45) is 2.98. The van der Waals surface area contributed by atoms with Gasteiger partial charge >= 0.3 is 0 Å². The first-order chi connectivity index (χ1) is 12.8. The lowest BCUT2D eigenvalue weighted by Crippen LogP contribution is -2.12. The van der Waals surface area contributed by atoms with Gasteiger partial charge < -0.3 is 9.47 Å². The van der Waals surface area contributed by atoms with Crippen LogP contribution >= 0.6 is 34.5 Å². The van der Waals surface area contributed by atoms with E-state index in [1.807, 2.05) is 12.1 Å². The Bertz CT molecular complexity index is 1060. The Morgan fingerprint density at radius 2 is 2.04 bits per heavy atom. The number of benzene rings is 1. The van der Waals surface area contributed by atoms with Crippen LogP contribution in [0.15, 0.2) is 41.6 Å². The number of para-hydroxylation sites is 1. The van der Waals surface area contributed by atoms with Crippen molar-refractivity contribution in [2.45, 2.75) is 11.4 Å². The van der Waals surface area contributed by atoms with E-state index in [0.717, 1.165) is 16.9 Å². The molecule has 3 rings (SSSR count). The monoisotopic (exact) mass is 447 g/mol. The first-order valence-electron chi connectivity index (χ1n) is 7.54. The lowest BCUT2D eigenvalue weighted by molar-refractivity contribution is 0.350. The standard InChI is InChI=1S/C16H15Cl2N3O4S2/c1-24-12-5-3-4-10(15(12)25-2)8-21-9-11(7-19-21)20-27(22,23)13-6-14(17)26-16(13)18/h3-7,9,20H,8H2,1-2H3. The molecule has 0 fully saturated rings. The summed E-state index contributed by atoms with van der Waals surface area (Å²) in [7, 11) is -0.745. The van der Waals surface area contributed by atoms with Crippen molar-refractivity contribution in [3.8, 4) is 11.5 Å². The number of ether oxygens (including phenoxy) is 2. The highest BCUT2D eigenvalue weighted by Gasteiger charge is 2.22. The van der Waals surface area contributed by atoms with E-state index in [-0.39, 0.29) is 9.23 Å². The molecule has 1 aromatic carbocycles. The van der Waals surface area contributed by atoms with Gasteiger partial charge in [-0.3, -0.25) is 9.40 Å². The van der Waals surface area contributed by atoms with Crippen molar-refractivity contribution in [3.05, 3.63) is 50.9 Å². The largest absolute Gasteiger partial charge is 0.493 e. The van der Waals surface area contributed by atoms with E-state index in [4.69, 9.17) is 32.7 Å². The predicted molar refractivity (Wildman–Crippen MR) is 106 cm³/mol. The Morgan fingerprint density at radius 3 is 2.67 bits per heavy atom. The van der Waals surface area contributed by atoms with Crippen molar-refractivity contribution in [2.75, 3.05) is 18.9 Å². The number of nitrogens with zero attached hydrogens (tertiary/aromatic N) is 2. The van der Waals surface area contributed by atoms with Gasteiger partial charge in [0.1, 0.15) is 9.23 Å². The average molecular weight is 448 g/mol. The van der Waals surface area contributed by atoms with Gasteiger partial charge in [0.05, 0.1) is 37.0 Å². The number of methoxy groups -OCH3 is 2. The summed E-state index contributed by atoms with van der Waals surface area (Å²) in [6, 6.07) is 6.81. The fourth-order valence-electron chi connectivity index (χ4n) is 2.47. The molecule has 0 atom stereocenters. The molecule has 144 valence electrons. The van der Waals surface area contributed by atoms with E-state index in [2.05, 4.69) is 9.82 Å². The van der Waals surface area contributed by atoms with E-state index in [9.17, 15) is 8.42 Å². The highest BCUT2D eigenvalue weighted by atomic mass is 35.5. The highest BCUT2D eigenvalue weighted by Crippen LogP contribution is 2.35. The Hall–Kier alpha value is -1.94. The van der Waals surface area contributed by atoms with Crippen LogP contribution in [0.2, 0.25) is 8.67 Å². The summed E-state index contributed by atoms with van der Waals surface area (Å²) >= 11 is 12.8. The zero-order valence-corrected chi connectivity index (χ0v) is 17.4. The number of aromatic nitrogens is 2. The van der Waals surface area contributed by atoms with Gasteiger partial charge in [-0.1, -0.05) is 35.3 Å². The van der Waals surface area contributed by atoms with Crippen LogP contribution in [0, 0.1) is 0 Å². The summed E-state index contributed by atoms with van der Waals surface area (Å²) in [4.78, 5) is -0.0682. The molecule has 0 saturated carbocycles. The van der Waals surface area contributed by atoms with Gasteiger partial charge in [-0.05, 0) is 12.1 Å². The Morgan fingerprint density at radius 1 is 1.26 bits per heavy atom. The number of halogens is 2. The number of hydrogen-bond acceptors (Lipinski definition) is 6. The molecule has 27 heavy (non-hydrogen) atoms. The first-order valence-corrected chi connectivity index (χ1v) is 10.6. The molecule has 0 aliphatic heterocycles. The molecule has 11 heteroatoms. The fraction of sp³-hybridized carbons (Fsp3) is 0.188. The molecular formula is C16H15Cl2N3O4S2. The molecule has 0 aliphatic carbocycles. The van der Waals surface area contributed by atoms with E-state index in [1.54, 1.807) is 31.2 Å². The van der Waals surface area contributed by atoms with Crippen LogP contribution < -0.4 is 14.2 Å². The third-order valence-corrected chi connectivity index (χ3v) is 6.75. The number of thiophene rings is 1. The van der Waals surface area contributed by atoms with E-state index in [1.165, 1.54) is 12.3 Å². The Labute approximate surface area is 170 Å². The van der Waals surface area contributed by atoms with Crippen molar-refractivity contribution in [1.29, 1.82) is 0 Å². The molecule has 0 radical (unpaired) electrons. The minimum absolute atomic E-state index is 0.0682. The second-order valence-electron chi connectivity index (χ2n) is 5.37. The predicted octanol–water partition coefficient (Wildman–Crippen LogP) is 4.12. The van der Waals surface area contributed by atoms with Crippen LogP contribution in [0.4, 0.5) is 5.69 Å². The van der Waals surface area contributed by atoms with Gasteiger partial charge in [0.25, 0.3) is 10.0 Å². The maximum atomic E-state index is 12.5. The number of anilines is 1. The molecule has 0 spiro atoms. The average Bonchev–Trinajstić information content (AvgIpc) is 3.20. The number of rotatable bonds is 7. The molecule has 3 aromatic rings. The maximum absolute atomic E-state index is 12.5. The van der Waals surface area contributed by atoms with Crippen LogP contribution in [-0.2, 0) is 16.6 Å². The second-order valence-corrected chi connectivity index (χ2v) is 9.31. The van der Waals surface area contributed by atoms with E-state index in [0.29, 0.717) is 28.1 Å². The lowest BCUT2D eigenvalue weighted by atomic mass is 10.2. The minimum atomic E-state index is -3.86. The quantitative estimate of drug-likeness (QED) is 0.588. The lowest BCUT2D eigenvalue weighted by Gasteiger charge is -2.12. The fourth-order valence-corrected chi connectivity index (χ4v) is 5.65. The van der Waals surface area contributed by atoms with Crippen LogP contribution in [0.5, 0.6) is 11.5 Å². The van der Waals surface area contributed by atoms with Crippen LogP contribution in [0.3, 0.4) is 0 Å². The van der Waals surface area contributed by atoms with Crippen molar-refractivity contribution in [1.82, 2.24) is 9.78 Å². The Kier molecular flexibility index (Phi) is 5.85. The summed E-state index contributed by atoms with van der Waals surface area (Å²) in [6.45, 7) is 0.368. The zero-order chi connectivity index (χ0) is 19.6. The van der Waals surface area contributed by atoms with Crippen molar-refractivity contribution in [3.63, 3.8) is 0 Å². The smallest absolute Gasteiger partial charge is 0.264 e. The molecule has 0 amide bonds. The number of hydrogen-bond donors (Lipinski definition) is 1. The normalized spacial score (nSPS) is 11.4. The SMILES string of the molecule is COc1cccc(Cn2cc(NS(=O)(=O)c3cc(Cl)sc3Cl)cn2)c1OC. The number of nitrogens with one attached hydrogen (secondary N) is 1. The number of sulfonamides is 1. The van der Waals surface area contributed by atoms with E-state index < -0.39 is 10.0 Å². The van der Waals surface area contributed by atoms with Gasteiger partial charge in [-0.25, -0.2) is 8.42 Å². The first kappa shape index (κ1) is 19.8. The third-order valence-electron chi connectivity index (χ3n) is 3.62. The van der Waals surface area contributed by atoms with Gasteiger partial charge in [-0.15, -0.1) is 11.3 Å². The van der Waals surface area contributed by atoms with Crippen molar-refractivity contribution < 1.29 is 17.9 Å².